The number of carbonyl (C=O) groups is 1. The molecule has 2 rings (SSSR count). The first kappa shape index (κ1) is 15.0. The maximum absolute atomic E-state index is 12.0. The van der Waals surface area contributed by atoms with Crippen LogP contribution in [0.1, 0.15) is 37.7 Å². The average molecular weight is 277 g/mol. The van der Waals surface area contributed by atoms with E-state index in [1.54, 1.807) is 6.92 Å². The lowest BCUT2D eigenvalue weighted by atomic mass is 9.93. The highest BCUT2D eigenvalue weighted by Gasteiger charge is 2.24. The largest absolute Gasteiger partial charge is 0.393 e. The first-order valence-electron chi connectivity index (χ1n) is 7.29. The van der Waals surface area contributed by atoms with Crippen molar-refractivity contribution < 1.29 is 14.6 Å². The van der Waals surface area contributed by atoms with Crippen molar-refractivity contribution in [1.29, 1.82) is 0 Å². The molecule has 20 heavy (non-hydrogen) atoms. The Kier molecular flexibility index (Phi) is 5.56. The Balaban J connectivity index is 1.92. The van der Waals surface area contributed by atoms with Crippen LogP contribution in [0.3, 0.4) is 0 Å². The van der Waals surface area contributed by atoms with Crippen LogP contribution in [0.25, 0.3) is 0 Å². The van der Waals surface area contributed by atoms with Gasteiger partial charge in [-0.3, -0.25) is 4.79 Å². The van der Waals surface area contributed by atoms with E-state index >= 15 is 0 Å². The summed E-state index contributed by atoms with van der Waals surface area (Å²) in [5, 5.41) is 12.6. The first-order chi connectivity index (χ1) is 9.66. The maximum atomic E-state index is 12.0. The molecule has 1 aromatic rings. The van der Waals surface area contributed by atoms with E-state index in [0.29, 0.717) is 19.6 Å². The van der Waals surface area contributed by atoms with Gasteiger partial charge in [-0.05, 0) is 31.7 Å². The fourth-order valence-electron chi connectivity index (χ4n) is 2.60. The highest BCUT2D eigenvalue weighted by Crippen LogP contribution is 2.21. The normalized spacial score (nSPS) is 21.4. The number of carbonyl (C=O) groups excluding carboxylic acids is 1. The molecule has 0 aliphatic carbocycles. The second kappa shape index (κ2) is 7.41. The predicted octanol–water partition coefficient (Wildman–Crippen LogP) is 1.84. The first-order valence-corrected chi connectivity index (χ1v) is 7.29. The molecule has 1 heterocycles. The van der Waals surface area contributed by atoms with E-state index in [2.05, 4.69) is 5.32 Å². The number of ether oxygens (including phenoxy) is 1. The Bertz CT molecular complexity index is 413. The molecule has 1 saturated heterocycles. The van der Waals surface area contributed by atoms with E-state index in [1.165, 1.54) is 0 Å². The molecule has 0 bridgehead atoms. The molecule has 4 heteroatoms. The van der Waals surface area contributed by atoms with E-state index in [0.717, 1.165) is 18.4 Å². The van der Waals surface area contributed by atoms with Gasteiger partial charge >= 0.3 is 0 Å². The standard InChI is InChI=1S/C16H23NO3/c1-12(18)10-14(13-6-3-2-4-7-13)11-17-16(19)15-8-5-9-20-15/h2-4,6-7,12,14-15,18H,5,8-11H2,1H3,(H,17,19). The number of rotatable bonds is 6. The van der Waals surface area contributed by atoms with E-state index in [4.69, 9.17) is 4.74 Å². The molecule has 1 aromatic carbocycles. The summed E-state index contributed by atoms with van der Waals surface area (Å²) in [5.41, 5.74) is 1.14. The number of nitrogens with one attached hydrogen (secondary N) is 1. The topological polar surface area (TPSA) is 58.6 Å². The quantitative estimate of drug-likeness (QED) is 0.834. The lowest BCUT2D eigenvalue weighted by Crippen LogP contribution is -2.37. The minimum atomic E-state index is -0.389. The number of benzene rings is 1. The van der Waals surface area contributed by atoms with Crippen LogP contribution < -0.4 is 5.32 Å². The van der Waals surface area contributed by atoms with Crippen molar-refractivity contribution >= 4 is 5.91 Å². The number of aliphatic hydroxyl groups excluding tert-OH is 1. The monoisotopic (exact) mass is 277 g/mol. The SMILES string of the molecule is CC(O)CC(CNC(=O)C1CCCO1)c1ccccc1. The van der Waals surface area contributed by atoms with Gasteiger partial charge in [-0.25, -0.2) is 0 Å². The van der Waals surface area contributed by atoms with Crippen LogP contribution in [0.15, 0.2) is 30.3 Å². The van der Waals surface area contributed by atoms with Crippen molar-refractivity contribution in [3.63, 3.8) is 0 Å². The zero-order chi connectivity index (χ0) is 14.4. The maximum Gasteiger partial charge on any atom is 0.249 e. The molecule has 1 aliphatic heterocycles. The summed E-state index contributed by atoms with van der Waals surface area (Å²) in [4.78, 5) is 12.0. The van der Waals surface area contributed by atoms with Crippen LogP contribution in [0, 0.1) is 0 Å². The third-order valence-electron chi connectivity index (χ3n) is 3.64. The van der Waals surface area contributed by atoms with E-state index < -0.39 is 0 Å². The van der Waals surface area contributed by atoms with Gasteiger partial charge in [0, 0.05) is 19.1 Å². The zero-order valence-electron chi connectivity index (χ0n) is 11.9. The summed E-state index contributed by atoms with van der Waals surface area (Å²) in [6, 6.07) is 9.99. The molecular weight excluding hydrogens is 254 g/mol. The summed E-state index contributed by atoms with van der Waals surface area (Å²) < 4.78 is 5.37. The summed E-state index contributed by atoms with van der Waals surface area (Å²) in [5.74, 6) is 0.0931. The summed E-state index contributed by atoms with van der Waals surface area (Å²) in [6.07, 6.45) is 1.71. The molecule has 0 saturated carbocycles. The fraction of sp³-hybridized carbons (Fsp3) is 0.562. The van der Waals surface area contributed by atoms with Gasteiger partial charge in [0.15, 0.2) is 0 Å². The Labute approximate surface area is 120 Å². The lowest BCUT2D eigenvalue weighted by Gasteiger charge is -2.20. The van der Waals surface area contributed by atoms with Crippen molar-refractivity contribution in [3.05, 3.63) is 35.9 Å². The second-order valence-electron chi connectivity index (χ2n) is 5.44. The van der Waals surface area contributed by atoms with Gasteiger partial charge in [-0.1, -0.05) is 30.3 Å². The average Bonchev–Trinajstić information content (AvgIpc) is 2.98. The van der Waals surface area contributed by atoms with Gasteiger partial charge in [-0.2, -0.15) is 0 Å². The number of hydrogen-bond donors (Lipinski definition) is 2. The molecule has 0 radical (unpaired) electrons. The van der Waals surface area contributed by atoms with E-state index in [9.17, 15) is 9.90 Å². The Hall–Kier alpha value is -1.39. The van der Waals surface area contributed by atoms with E-state index in [1.807, 2.05) is 30.3 Å². The number of aliphatic hydroxyl groups is 1. The molecule has 110 valence electrons. The third kappa shape index (κ3) is 4.32. The van der Waals surface area contributed by atoms with Crippen molar-refractivity contribution in [2.24, 2.45) is 0 Å². The fourth-order valence-corrected chi connectivity index (χ4v) is 2.60. The van der Waals surface area contributed by atoms with Crippen molar-refractivity contribution in [3.8, 4) is 0 Å². The Morgan fingerprint density at radius 1 is 1.45 bits per heavy atom. The number of amides is 1. The molecule has 1 amide bonds. The molecule has 3 unspecified atom stereocenters. The minimum Gasteiger partial charge on any atom is -0.393 e. The van der Waals surface area contributed by atoms with Crippen molar-refractivity contribution in [1.82, 2.24) is 5.32 Å². The van der Waals surface area contributed by atoms with Crippen LogP contribution >= 0.6 is 0 Å². The Morgan fingerprint density at radius 3 is 2.80 bits per heavy atom. The van der Waals surface area contributed by atoms with Crippen molar-refractivity contribution in [2.45, 2.75) is 44.3 Å². The van der Waals surface area contributed by atoms with Gasteiger partial charge in [0.05, 0.1) is 6.10 Å². The van der Waals surface area contributed by atoms with Crippen LogP contribution in [-0.4, -0.2) is 36.4 Å². The summed E-state index contributed by atoms with van der Waals surface area (Å²) in [7, 11) is 0. The predicted molar refractivity (Wildman–Crippen MR) is 77.5 cm³/mol. The van der Waals surface area contributed by atoms with Crippen LogP contribution in [-0.2, 0) is 9.53 Å². The summed E-state index contributed by atoms with van der Waals surface area (Å²) in [6.45, 7) is 2.99. The van der Waals surface area contributed by atoms with Crippen molar-refractivity contribution in [2.75, 3.05) is 13.2 Å². The second-order valence-corrected chi connectivity index (χ2v) is 5.44. The smallest absolute Gasteiger partial charge is 0.249 e. The Morgan fingerprint density at radius 2 is 2.20 bits per heavy atom. The van der Waals surface area contributed by atoms with Gasteiger partial charge < -0.3 is 15.2 Å². The van der Waals surface area contributed by atoms with Gasteiger partial charge in [0.2, 0.25) is 5.91 Å². The number of hydrogen-bond acceptors (Lipinski definition) is 3. The molecule has 4 nitrogen and oxygen atoms in total. The highest BCUT2D eigenvalue weighted by molar-refractivity contribution is 5.81. The molecule has 2 N–H and O–H groups in total. The lowest BCUT2D eigenvalue weighted by molar-refractivity contribution is -0.130. The minimum absolute atomic E-state index is 0.0333. The molecular formula is C16H23NO3. The molecule has 0 aromatic heterocycles. The van der Waals surface area contributed by atoms with Crippen LogP contribution in [0.2, 0.25) is 0 Å². The molecule has 1 fully saturated rings. The molecule has 1 aliphatic rings. The van der Waals surface area contributed by atoms with Gasteiger partial charge in [-0.15, -0.1) is 0 Å². The highest BCUT2D eigenvalue weighted by atomic mass is 16.5. The van der Waals surface area contributed by atoms with E-state index in [-0.39, 0.29) is 24.0 Å². The molecule has 3 atom stereocenters. The summed E-state index contributed by atoms with van der Waals surface area (Å²) >= 11 is 0. The van der Waals surface area contributed by atoms with Gasteiger partial charge in [0.25, 0.3) is 0 Å². The molecule has 0 spiro atoms. The van der Waals surface area contributed by atoms with Crippen LogP contribution in [0.5, 0.6) is 0 Å². The van der Waals surface area contributed by atoms with Crippen LogP contribution in [0.4, 0.5) is 0 Å². The third-order valence-corrected chi connectivity index (χ3v) is 3.64. The van der Waals surface area contributed by atoms with Gasteiger partial charge in [0.1, 0.15) is 6.10 Å². The zero-order valence-corrected chi connectivity index (χ0v) is 11.9.